The van der Waals surface area contributed by atoms with Gasteiger partial charge in [0.1, 0.15) is 5.75 Å². The summed E-state index contributed by atoms with van der Waals surface area (Å²) in [5.41, 5.74) is 0.689. The topological polar surface area (TPSA) is 45.5 Å². The highest BCUT2D eigenvalue weighted by atomic mass is 32.1. The molecule has 0 aliphatic carbocycles. The predicted octanol–water partition coefficient (Wildman–Crippen LogP) is 3.75. The molecule has 1 N–H and O–H groups in total. The van der Waals surface area contributed by atoms with Gasteiger partial charge in [-0.2, -0.15) is 4.37 Å². The van der Waals surface area contributed by atoms with Crippen LogP contribution in [0.25, 0.3) is 10.1 Å². The summed E-state index contributed by atoms with van der Waals surface area (Å²) >= 11 is 1.43. The fraction of sp³-hybridized carbons (Fsp3) is 0. The van der Waals surface area contributed by atoms with Crippen molar-refractivity contribution >= 4 is 33.7 Å². The van der Waals surface area contributed by atoms with Crippen LogP contribution in [0.15, 0.2) is 53.5 Å². The highest BCUT2D eigenvalue weighted by molar-refractivity contribution is 7.13. The van der Waals surface area contributed by atoms with Gasteiger partial charge in [0, 0.05) is 17.2 Å². The van der Waals surface area contributed by atoms with E-state index in [2.05, 4.69) is 9.37 Å². The molecule has 0 bridgehead atoms. The molecular formula is C14H10N2OS. The quantitative estimate of drug-likeness (QED) is 0.708. The minimum atomic E-state index is 0.223. The van der Waals surface area contributed by atoms with Crippen LogP contribution in [-0.2, 0) is 0 Å². The van der Waals surface area contributed by atoms with Gasteiger partial charge in [-0.1, -0.05) is 24.3 Å². The molecule has 0 spiro atoms. The number of benzene rings is 2. The van der Waals surface area contributed by atoms with E-state index >= 15 is 0 Å². The van der Waals surface area contributed by atoms with E-state index in [1.54, 1.807) is 18.3 Å². The van der Waals surface area contributed by atoms with E-state index in [0.717, 1.165) is 10.1 Å². The number of fused-ring (bicyclic) bond motifs is 1. The lowest BCUT2D eigenvalue weighted by Crippen LogP contribution is -1.80. The summed E-state index contributed by atoms with van der Waals surface area (Å²) in [7, 11) is 0. The van der Waals surface area contributed by atoms with Gasteiger partial charge in [0.05, 0.1) is 4.70 Å². The molecule has 3 nitrogen and oxygen atoms in total. The van der Waals surface area contributed by atoms with Gasteiger partial charge in [0.25, 0.3) is 0 Å². The zero-order chi connectivity index (χ0) is 12.4. The molecular weight excluding hydrogens is 244 g/mol. The van der Waals surface area contributed by atoms with Crippen LogP contribution in [0, 0.1) is 0 Å². The summed E-state index contributed by atoms with van der Waals surface area (Å²) in [4.78, 5) is 4.34. The Balaban J connectivity index is 2.00. The van der Waals surface area contributed by atoms with Crippen LogP contribution < -0.4 is 0 Å². The molecule has 4 heteroatoms. The number of para-hydroxylation sites is 1. The Kier molecular flexibility index (Phi) is 2.78. The molecule has 0 radical (unpaired) electrons. The minimum Gasteiger partial charge on any atom is -0.507 e. The number of aromatic nitrogens is 1. The lowest BCUT2D eigenvalue weighted by atomic mass is 10.2. The van der Waals surface area contributed by atoms with Crippen molar-refractivity contribution in [3.05, 3.63) is 54.1 Å². The van der Waals surface area contributed by atoms with Crippen molar-refractivity contribution in [2.45, 2.75) is 0 Å². The van der Waals surface area contributed by atoms with E-state index in [-0.39, 0.29) is 5.75 Å². The van der Waals surface area contributed by atoms with Crippen LogP contribution in [0.2, 0.25) is 0 Å². The first kappa shape index (κ1) is 10.9. The zero-order valence-electron chi connectivity index (χ0n) is 9.45. The molecule has 0 saturated carbocycles. The van der Waals surface area contributed by atoms with Crippen molar-refractivity contribution in [3.63, 3.8) is 0 Å². The Labute approximate surface area is 108 Å². The minimum absolute atomic E-state index is 0.223. The molecule has 0 fully saturated rings. The maximum absolute atomic E-state index is 9.64. The average Bonchev–Trinajstić information content (AvgIpc) is 2.81. The number of hydrogen-bond acceptors (Lipinski definition) is 4. The number of phenolic OH excluding ortho intramolecular Hbond substituents is 1. The Hall–Kier alpha value is -2.20. The van der Waals surface area contributed by atoms with Gasteiger partial charge in [-0.25, -0.2) is 4.99 Å². The van der Waals surface area contributed by atoms with Crippen molar-refractivity contribution in [2.75, 3.05) is 0 Å². The van der Waals surface area contributed by atoms with Crippen molar-refractivity contribution in [3.8, 4) is 5.75 Å². The highest BCUT2D eigenvalue weighted by Crippen LogP contribution is 2.28. The monoisotopic (exact) mass is 254 g/mol. The van der Waals surface area contributed by atoms with E-state index < -0.39 is 0 Å². The van der Waals surface area contributed by atoms with Gasteiger partial charge in [0.2, 0.25) is 0 Å². The van der Waals surface area contributed by atoms with Crippen molar-refractivity contribution in [2.24, 2.45) is 4.99 Å². The molecule has 0 aliphatic heterocycles. The molecule has 0 unspecified atom stereocenters. The van der Waals surface area contributed by atoms with E-state index in [4.69, 9.17) is 0 Å². The zero-order valence-corrected chi connectivity index (χ0v) is 10.3. The molecule has 1 heterocycles. The van der Waals surface area contributed by atoms with E-state index in [0.29, 0.717) is 11.4 Å². The largest absolute Gasteiger partial charge is 0.507 e. The number of phenols is 1. The third-order valence-corrected chi connectivity index (χ3v) is 3.44. The third-order valence-electron chi connectivity index (χ3n) is 2.62. The average molecular weight is 254 g/mol. The lowest BCUT2D eigenvalue weighted by molar-refractivity contribution is 0.474. The Morgan fingerprint density at radius 1 is 1.06 bits per heavy atom. The van der Waals surface area contributed by atoms with Gasteiger partial charge >= 0.3 is 0 Å². The van der Waals surface area contributed by atoms with E-state index in [1.165, 1.54) is 11.5 Å². The molecule has 0 saturated heterocycles. The summed E-state index contributed by atoms with van der Waals surface area (Å²) < 4.78 is 5.42. The highest BCUT2D eigenvalue weighted by Gasteiger charge is 2.03. The SMILES string of the molecule is Oc1ccccc1C=Nc1nsc2ccccc12. The van der Waals surface area contributed by atoms with Crippen LogP contribution in [0.4, 0.5) is 5.82 Å². The normalized spacial score (nSPS) is 11.3. The molecule has 2 aromatic carbocycles. The Morgan fingerprint density at radius 2 is 1.83 bits per heavy atom. The number of aromatic hydroxyl groups is 1. The molecule has 18 heavy (non-hydrogen) atoms. The summed E-state index contributed by atoms with van der Waals surface area (Å²) in [6, 6.07) is 15.1. The molecule has 3 rings (SSSR count). The van der Waals surface area contributed by atoms with Gasteiger partial charge < -0.3 is 5.11 Å². The molecule has 0 atom stereocenters. The van der Waals surface area contributed by atoms with Gasteiger partial charge in [-0.15, -0.1) is 0 Å². The van der Waals surface area contributed by atoms with Crippen LogP contribution in [0.3, 0.4) is 0 Å². The standard InChI is InChI=1S/C14H10N2OS/c17-12-7-3-1-5-10(12)9-15-14-11-6-2-4-8-13(11)18-16-14/h1-9,17H. The fourth-order valence-electron chi connectivity index (χ4n) is 1.69. The lowest BCUT2D eigenvalue weighted by Gasteiger charge is -1.95. The first-order chi connectivity index (χ1) is 8.84. The number of aliphatic imine (C=N–C) groups is 1. The molecule has 0 amide bonds. The van der Waals surface area contributed by atoms with E-state index in [9.17, 15) is 5.11 Å². The number of nitrogens with zero attached hydrogens (tertiary/aromatic N) is 2. The summed E-state index contributed by atoms with van der Waals surface area (Å²) in [6.07, 6.45) is 1.64. The first-order valence-electron chi connectivity index (χ1n) is 5.51. The number of hydrogen-bond donors (Lipinski definition) is 1. The fourth-order valence-corrected chi connectivity index (χ4v) is 2.42. The predicted molar refractivity (Wildman–Crippen MR) is 75.0 cm³/mol. The van der Waals surface area contributed by atoms with Crippen molar-refractivity contribution in [1.82, 2.24) is 4.37 Å². The Bertz CT molecular complexity index is 718. The second kappa shape index (κ2) is 4.58. The van der Waals surface area contributed by atoms with E-state index in [1.807, 2.05) is 36.4 Å². The maximum Gasteiger partial charge on any atom is 0.173 e. The first-order valence-corrected chi connectivity index (χ1v) is 6.28. The van der Waals surface area contributed by atoms with Gasteiger partial charge in [-0.05, 0) is 35.8 Å². The van der Waals surface area contributed by atoms with Crippen molar-refractivity contribution in [1.29, 1.82) is 0 Å². The van der Waals surface area contributed by atoms with Crippen LogP contribution >= 0.6 is 11.5 Å². The molecule has 1 aromatic heterocycles. The van der Waals surface area contributed by atoms with Crippen LogP contribution in [-0.4, -0.2) is 15.7 Å². The molecule has 88 valence electrons. The maximum atomic E-state index is 9.64. The van der Waals surface area contributed by atoms with Gasteiger partial charge in [0.15, 0.2) is 5.82 Å². The van der Waals surface area contributed by atoms with Crippen molar-refractivity contribution < 1.29 is 5.11 Å². The Morgan fingerprint density at radius 3 is 2.72 bits per heavy atom. The second-order valence-electron chi connectivity index (χ2n) is 3.82. The number of rotatable bonds is 2. The van der Waals surface area contributed by atoms with Crippen LogP contribution in [0.5, 0.6) is 5.75 Å². The van der Waals surface area contributed by atoms with Gasteiger partial charge in [-0.3, -0.25) is 0 Å². The molecule has 3 aromatic rings. The second-order valence-corrected chi connectivity index (χ2v) is 4.62. The summed E-state index contributed by atoms with van der Waals surface area (Å²) in [5.74, 6) is 0.916. The molecule has 0 aliphatic rings. The summed E-state index contributed by atoms with van der Waals surface area (Å²) in [5, 5.41) is 10.7. The van der Waals surface area contributed by atoms with Crippen LogP contribution in [0.1, 0.15) is 5.56 Å². The summed E-state index contributed by atoms with van der Waals surface area (Å²) in [6.45, 7) is 0. The third kappa shape index (κ3) is 1.98. The smallest absolute Gasteiger partial charge is 0.173 e.